The van der Waals surface area contributed by atoms with Crippen molar-refractivity contribution in [1.82, 2.24) is 4.98 Å². The van der Waals surface area contributed by atoms with Gasteiger partial charge in [-0.15, -0.1) is 0 Å². The van der Waals surface area contributed by atoms with Gasteiger partial charge in [0.25, 0.3) is 0 Å². The molecule has 1 aromatic heterocycles. The van der Waals surface area contributed by atoms with E-state index in [2.05, 4.69) is 31.0 Å². The molecule has 1 fully saturated rings. The fourth-order valence-corrected chi connectivity index (χ4v) is 4.97. The summed E-state index contributed by atoms with van der Waals surface area (Å²) in [6, 6.07) is 13.6. The maximum atomic E-state index is 12.0. The molecular weight excluding hydrogens is 386 g/mol. The van der Waals surface area contributed by atoms with E-state index < -0.39 is 5.54 Å². The van der Waals surface area contributed by atoms with Crippen molar-refractivity contribution in [2.45, 2.75) is 38.8 Å². The molecule has 0 saturated heterocycles. The zero-order valence-electron chi connectivity index (χ0n) is 18.7. The van der Waals surface area contributed by atoms with Crippen molar-refractivity contribution in [3.63, 3.8) is 0 Å². The number of nitrogens with two attached hydrogens (primary N) is 1. The minimum Gasteiger partial charge on any atom is -0.381 e. The van der Waals surface area contributed by atoms with E-state index in [1.54, 1.807) is 19.4 Å². The standard InChI is InChI=1S/C26H31N3O2/c1-17-13-26(28,16-30)25(19(3)31-4)23(18(17)2)12-11-22-10-9-21(15-29-22)24-8-6-5-7-20(24)14-27/h5-12,15-19,23,25H,13,28H2,1-4H3/b12-11+. The van der Waals surface area contributed by atoms with Crippen LogP contribution in [0, 0.1) is 35.0 Å². The van der Waals surface area contributed by atoms with Crippen LogP contribution in [-0.4, -0.2) is 30.0 Å². The third kappa shape index (κ3) is 4.61. The molecule has 0 amide bonds. The number of hydrogen-bond donors (Lipinski definition) is 1. The lowest BCUT2D eigenvalue weighted by Crippen LogP contribution is -2.61. The number of carbonyl (C=O) groups is 1. The Morgan fingerprint density at radius 2 is 2.03 bits per heavy atom. The molecule has 0 spiro atoms. The van der Waals surface area contributed by atoms with Crippen LogP contribution < -0.4 is 5.73 Å². The van der Waals surface area contributed by atoms with E-state index >= 15 is 0 Å². The van der Waals surface area contributed by atoms with Crippen molar-refractivity contribution in [1.29, 1.82) is 5.26 Å². The second-order valence-corrected chi connectivity index (χ2v) is 8.80. The van der Waals surface area contributed by atoms with Gasteiger partial charge in [-0.1, -0.05) is 44.2 Å². The molecule has 5 nitrogen and oxygen atoms in total. The van der Waals surface area contributed by atoms with Gasteiger partial charge in [-0.3, -0.25) is 4.98 Å². The number of nitriles is 1. The van der Waals surface area contributed by atoms with Crippen LogP contribution in [0.1, 0.15) is 38.4 Å². The first-order valence-electron chi connectivity index (χ1n) is 10.8. The number of allylic oxidation sites excluding steroid dienone is 1. The Hall–Kier alpha value is -2.81. The number of ether oxygens (including phenoxy) is 1. The van der Waals surface area contributed by atoms with Crippen LogP contribution in [0.25, 0.3) is 17.2 Å². The van der Waals surface area contributed by atoms with Crippen molar-refractivity contribution < 1.29 is 9.53 Å². The Balaban J connectivity index is 1.89. The van der Waals surface area contributed by atoms with Gasteiger partial charge in [0, 0.05) is 30.4 Å². The molecule has 162 valence electrons. The summed E-state index contributed by atoms with van der Waals surface area (Å²) in [5.74, 6) is 0.661. The number of methoxy groups -OCH3 is 1. The second kappa shape index (κ2) is 9.55. The summed E-state index contributed by atoms with van der Waals surface area (Å²) < 4.78 is 5.62. The van der Waals surface area contributed by atoms with E-state index in [-0.39, 0.29) is 17.9 Å². The van der Waals surface area contributed by atoms with Crippen LogP contribution in [0.2, 0.25) is 0 Å². The van der Waals surface area contributed by atoms with Crippen molar-refractivity contribution in [2.24, 2.45) is 29.4 Å². The fraction of sp³-hybridized carbons (Fsp3) is 0.423. The minimum atomic E-state index is -0.908. The van der Waals surface area contributed by atoms with Crippen molar-refractivity contribution in [2.75, 3.05) is 7.11 Å². The molecule has 0 radical (unpaired) electrons. The summed E-state index contributed by atoms with van der Waals surface area (Å²) in [4.78, 5) is 16.5. The lowest BCUT2D eigenvalue weighted by atomic mass is 9.58. The normalized spacial score (nSPS) is 29.4. The van der Waals surface area contributed by atoms with E-state index in [1.165, 1.54) is 0 Å². The number of aromatic nitrogens is 1. The average molecular weight is 418 g/mol. The van der Waals surface area contributed by atoms with Crippen molar-refractivity contribution in [3.8, 4) is 17.2 Å². The SMILES string of the molecule is COC(C)C1C(/C=C/c2ccc(-c3ccccc3C#N)cn2)C(C)C(C)CC1(N)C=O. The zero-order chi connectivity index (χ0) is 22.6. The first kappa shape index (κ1) is 22.9. The second-order valence-electron chi connectivity index (χ2n) is 8.80. The molecule has 1 aliphatic carbocycles. The first-order valence-corrected chi connectivity index (χ1v) is 10.8. The summed E-state index contributed by atoms with van der Waals surface area (Å²) in [5.41, 5.74) is 8.89. The zero-order valence-corrected chi connectivity index (χ0v) is 18.7. The van der Waals surface area contributed by atoms with E-state index in [1.807, 2.05) is 43.3 Å². The lowest BCUT2D eigenvalue weighted by Gasteiger charge is -2.50. The minimum absolute atomic E-state index is 0.0923. The molecule has 6 atom stereocenters. The number of aldehydes is 1. The summed E-state index contributed by atoms with van der Waals surface area (Å²) in [6.07, 6.45) is 7.35. The van der Waals surface area contributed by atoms with Gasteiger partial charge < -0.3 is 15.3 Å². The Morgan fingerprint density at radius 3 is 2.65 bits per heavy atom. The number of carbonyl (C=O) groups excluding carboxylic acids is 1. The highest BCUT2D eigenvalue weighted by molar-refractivity contribution is 5.70. The van der Waals surface area contributed by atoms with Gasteiger partial charge in [0.2, 0.25) is 0 Å². The van der Waals surface area contributed by atoms with E-state index in [0.29, 0.717) is 23.8 Å². The molecular formula is C26H31N3O2. The summed E-state index contributed by atoms with van der Waals surface area (Å²) >= 11 is 0. The topological polar surface area (TPSA) is 89.0 Å². The molecule has 2 N–H and O–H groups in total. The van der Waals surface area contributed by atoms with Crippen LogP contribution in [0.4, 0.5) is 0 Å². The maximum absolute atomic E-state index is 12.0. The fourth-order valence-electron chi connectivity index (χ4n) is 4.97. The number of nitrogens with zero attached hydrogens (tertiary/aromatic N) is 2. The smallest absolute Gasteiger partial charge is 0.140 e. The van der Waals surface area contributed by atoms with Gasteiger partial charge in [-0.2, -0.15) is 5.26 Å². The Kier molecular flexibility index (Phi) is 7.04. The predicted molar refractivity (Wildman–Crippen MR) is 123 cm³/mol. The third-order valence-corrected chi connectivity index (χ3v) is 6.95. The molecule has 1 heterocycles. The first-order chi connectivity index (χ1) is 14.8. The quantitative estimate of drug-likeness (QED) is 0.700. The van der Waals surface area contributed by atoms with Crippen molar-refractivity contribution in [3.05, 3.63) is 59.9 Å². The Labute approximate surface area is 184 Å². The molecule has 1 aliphatic rings. The highest BCUT2D eigenvalue weighted by Gasteiger charge is 2.50. The molecule has 0 bridgehead atoms. The molecule has 5 heteroatoms. The average Bonchev–Trinajstić information content (AvgIpc) is 2.80. The summed E-state index contributed by atoms with van der Waals surface area (Å²) in [5, 5.41) is 9.33. The van der Waals surface area contributed by atoms with Crippen LogP contribution in [0.15, 0.2) is 48.7 Å². The maximum Gasteiger partial charge on any atom is 0.140 e. The van der Waals surface area contributed by atoms with E-state index in [4.69, 9.17) is 10.5 Å². The molecule has 2 aromatic rings. The number of pyridine rings is 1. The van der Waals surface area contributed by atoms with E-state index in [0.717, 1.165) is 23.1 Å². The Morgan fingerprint density at radius 1 is 1.29 bits per heavy atom. The monoisotopic (exact) mass is 417 g/mol. The highest BCUT2D eigenvalue weighted by Crippen LogP contribution is 2.45. The van der Waals surface area contributed by atoms with Crippen LogP contribution in [0.3, 0.4) is 0 Å². The largest absolute Gasteiger partial charge is 0.381 e. The molecule has 0 aliphatic heterocycles. The number of hydrogen-bond acceptors (Lipinski definition) is 5. The summed E-state index contributed by atoms with van der Waals surface area (Å²) in [7, 11) is 1.67. The van der Waals surface area contributed by atoms with Gasteiger partial charge >= 0.3 is 0 Å². The molecule has 6 unspecified atom stereocenters. The number of rotatable bonds is 6. The number of benzene rings is 1. The Bertz CT molecular complexity index is 979. The van der Waals surface area contributed by atoms with Crippen molar-refractivity contribution >= 4 is 12.4 Å². The van der Waals surface area contributed by atoms with E-state index in [9.17, 15) is 10.1 Å². The summed E-state index contributed by atoms with van der Waals surface area (Å²) in [6.45, 7) is 6.36. The molecule has 1 saturated carbocycles. The van der Waals surface area contributed by atoms with Gasteiger partial charge in [0.15, 0.2) is 0 Å². The molecule has 31 heavy (non-hydrogen) atoms. The van der Waals surface area contributed by atoms with Crippen LogP contribution >= 0.6 is 0 Å². The van der Waals surface area contributed by atoms with Crippen LogP contribution in [-0.2, 0) is 9.53 Å². The van der Waals surface area contributed by atoms with Gasteiger partial charge in [0.1, 0.15) is 6.29 Å². The predicted octanol–water partition coefficient (Wildman–Crippen LogP) is 4.47. The van der Waals surface area contributed by atoms with Crippen LogP contribution in [0.5, 0.6) is 0 Å². The van der Waals surface area contributed by atoms with Gasteiger partial charge in [-0.25, -0.2) is 0 Å². The molecule has 1 aromatic carbocycles. The van der Waals surface area contributed by atoms with Gasteiger partial charge in [-0.05, 0) is 49.3 Å². The third-order valence-electron chi connectivity index (χ3n) is 6.95. The highest BCUT2D eigenvalue weighted by atomic mass is 16.5. The van der Waals surface area contributed by atoms with Gasteiger partial charge in [0.05, 0.1) is 29.0 Å². The lowest BCUT2D eigenvalue weighted by molar-refractivity contribution is -0.122. The molecule has 3 rings (SSSR count).